The molecule has 0 bridgehead atoms. The second kappa shape index (κ2) is 4.86. The summed E-state index contributed by atoms with van der Waals surface area (Å²) in [5, 5.41) is 0. The number of allylic oxidation sites excluding steroid dienone is 4. The van der Waals surface area contributed by atoms with E-state index in [-0.39, 0.29) is 17.0 Å². The minimum atomic E-state index is -0.251. The van der Waals surface area contributed by atoms with E-state index >= 15 is 0 Å². The number of ketones is 2. The zero-order chi connectivity index (χ0) is 14.2. The van der Waals surface area contributed by atoms with Crippen LogP contribution in [0.3, 0.4) is 0 Å². The Morgan fingerprint density at radius 2 is 1.90 bits per heavy atom. The van der Waals surface area contributed by atoms with Gasteiger partial charge >= 0.3 is 0 Å². The first-order valence-corrected chi connectivity index (χ1v) is 7.15. The van der Waals surface area contributed by atoms with E-state index < -0.39 is 0 Å². The van der Waals surface area contributed by atoms with Gasteiger partial charge in [-0.2, -0.15) is 0 Å². The average molecular weight is 266 g/mol. The van der Waals surface area contributed by atoms with Crippen LogP contribution in [-0.2, 0) is 4.79 Å². The Labute approximate surface area is 119 Å². The maximum absolute atomic E-state index is 12.8. The van der Waals surface area contributed by atoms with Crippen LogP contribution in [0.4, 0.5) is 0 Å². The van der Waals surface area contributed by atoms with Crippen LogP contribution in [0.1, 0.15) is 43.0 Å². The SMILES string of the molecule is C[C@]12CCC(=O)C=C1CCC=C2C(=O)c1ccccc1. The van der Waals surface area contributed by atoms with Gasteiger partial charge in [-0.05, 0) is 25.3 Å². The summed E-state index contributed by atoms with van der Waals surface area (Å²) in [6, 6.07) is 9.41. The average Bonchev–Trinajstić information content (AvgIpc) is 2.47. The zero-order valence-corrected chi connectivity index (χ0v) is 11.7. The van der Waals surface area contributed by atoms with E-state index in [0.29, 0.717) is 6.42 Å². The van der Waals surface area contributed by atoms with Gasteiger partial charge in [-0.15, -0.1) is 0 Å². The molecule has 0 spiro atoms. The van der Waals surface area contributed by atoms with Gasteiger partial charge in [0, 0.05) is 23.0 Å². The van der Waals surface area contributed by atoms with E-state index in [2.05, 4.69) is 13.0 Å². The van der Waals surface area contributed by atoms with Gasteiger partial charge in [0.25, 0.3) is 0 Å². The van der Waals surface area contributed by atoms with E-state index in [1.165, 1.54) is 0 Å². The molecule has 0 N–H and O–H groups in total. The summed E-state index contributed by atoms with van der Waals surface area (Å²) in [7, 11) is 0. The van der Waals surface area contributed by atoms with E-state index in [1.807, 2.05) is 30.3 Å². The second-order valence-corrected chi connectivity index (χ2v) is 5.82. The third kappa shape index (κ3) is 2.05. The van der Waals surface area contributed by atoms with E-state index in [9.17, 15) is 9.59 Å². The van der Waals surface area contributed by atoms with Crippen LogP contribution in [0, 0.1) is 5.41 Å². The Balaban J connectivity index is 2.02. The highest BCUT2D eigenvalue weighted by molar-refractivity contribution is 6.10. The van der Waals surface area contributed by atoms with Gasteiger partial charge in [0.2, 0.25) is 0 Å². The van der Waals surface area contributed by atoms with Crippen molar-refractivity contribution in [1.29, 1.82) is 0 Å². The lowest BCUT2D eigenvalue weighted by molar-refractivity contribution is -0.115. The Morgan fingerprint density at radius 3 is 2.65 bits per heavy atom. The van der Waals surface area contributed by atoms with Gasteiger partial charge in [-0.25, -0.2) is 0 Å². The quantitative estimate of drug-likeness (QED) is 0.761. The first kappa shape index (κ1) is 13.0. The molecular weight excluding hydrogens is 248 g/mol. The maximum atomic E-state index is 12.8. The lowest BCUT2D eigenvalue weighted by Crippen LogP contribution is -2.33. The van der Waals surface area contributed by atoms with Crippen LogP contribution in [0.2, 0.25) is 0 Å². The lowest BCUT2D eigenvalue weighted by atomic mass is 9.63. The number of carbonyl (C=O) groups is 2. The van der Waals surface area contributed by atoms with Crippen LogP contribution in [0.15, 0.2) is 53.6 Å². The van der Waals surface area contributed by atoms with Crippen molar-refractivity contribution >= 4 is 11.6 Å². The number of fused-ring (bicyclic) bond motifs is 1. The molecule has 0 saturated heterocycles. The fourth-order valence-corrected chi connectivity index (χ4v) is 3.30. The molecule has 2 nitrogen and oxygen atoms in total. The maximum Gasteiger partial charge on any atom is 0.189 e. The Bertz CT molecular complexity index is 622. The summed E-state index contributed by atoms with van der Waals surface area (Å²) >= 11 is 0. The van der Waals surface area contributed by atoms with Gasteiger partial charge in [0.05, 0.1) is 0 Å². The highest BCUT2D eigenvalue weighted by Crippen LogP contribution is 2.48. The molecule has 2 aliphatic rings. The molecule has 0 heterocycles. The van der Waals surface area contributed by atoms with Crippen molar-refractivity contribution in [1.82, 2.24) is 0 Å². The third-order valence-electron chi connectivity index (χ3n) is 4.55. The predicted octanol–water partition coefficient (Wildman–Crippen LogP) is 3.89. The molecule has 1 aromatic carbocycles. The number of carbonyl (C=O) groups excluding carboxylic acids is 2. The highest BCUT2D eigenvalue weighted by Gasteiger charge is 2.41. The van der Waals surface area contributed by atoms with Gasteiger partial charge in [0.1, 0.15) is 0 Å². The summed E-state index contributed by atoms with van der Waals surface area (Å²) in [5.74, 6) is 0.305. The molecule has 0 amide bonds. The fourth-order valence-electron chi connectivity index (χ4n) is 3.30. The van der Waals surface area contributed by atoms with Crippen molar-refractivity contribution in [3.8, 4) is 0 Å². The normalized spacial score (nSPS) is 25.6. The largest absolute Gasteiger partial charge is 0.295 e. The summed E-state index contributed by atoms with van der Waals surface area (Å²) in [5.41, 5.74) is 2.49. The zero-order valence-electron chi connectivity index (χ0n) is 11.7. The molecule has 0 saturated carbocycles. The second-order valence-electron chi connectivity index (χ2n) is 5.82. The standard InChI is InChI=1S/C18H18O2/c1-18-11-10-15(19)12-14(18)8-5-9-16(18)17(20)13-6-3-2-4-7-13/h2-4,6-7,9,12H,5,8,10-11H2,1H3/t18-/m0/s1. The summed E-state index contributed by atoms with van der Waals surface area (Å²) in [6.07, 6.45) is 6.88. The first-order chi connectivity index (χ1) is 9.61. The van der Waals surface area contributed by atoms with Gasteiger partial charge in [0.15, 0.2) is 11.6 Å². The molecule has 0 radical (unpaired) electrons. The summed E-state index contributed by atoms with van der Waals surface area (Å²) < 4.78 is 0. The van der Waals surface area contributed by atoms with Crippen LogP contribution >= 0.6 is 0 Å². The third-order valence-corrected chi connectivity index (χ3v) is 4.55. The van der Waals surface area contributed by atoms with Crippen molar-refractivity contribution in [3.63, 3.8) is 0 Å². The Hall–Kier alpha value is -1.96. The minimum Gasteiger partial charge on any atom is -0.295 e. The lowest BCUT2D eigenvalue weighted by Gasteiger charge is -2.39. The summed E-state index contributed by atoms with van der Waals surface area (Å²) in [4.78, 5) is 24.4. The van der Waals surface area contributed by atoms with Gasteiger partial charge in [-0.1, -0.05) is 48.9 Å². The van der Waals surface area contributed by atoms with Crippen molar-refractivity contribution in [2.75, 3.05) is 0 Å². The number of hydrogen-bond acceptors (Lipinski definition) is 2. The van der Waals surface area contributed by atoms with Crippen molar-refractivity contribution in [2.24, 2.45) is 5.41 Å². The molecule has 0 fully saturated rings. The topological polar surface area (TPSA) is 34.1 Å². The molecule has 0 unspecified atom stereocenters. The molecule has 0 aromatic heterocycles. The fraction of sp³-hybridized carbons (Fsp3) is 0.333. The molecule has 20 heavy (non-hydrogen) atoms. The van der Waals surface area contributed by atoms with Gasteiger partial charge < -0.3 is 0 Å². The Kier molecular flexibility index (Phi) is 3.17. The molecule has 2 heteroatoms. The molecule has 3 rings (SSSR count). The number of rotatable bonds is 2. The Morgan fingerprint density at radius 1 is 1.15 bits per heavy atom. The van der Waals surface area contributed by atoms with Crippen LogP contribution in [0.5, 0.6) is 0 Å². The van der Waals surface area contributed by atoms with Crippen LogP contribution in [-0.4, -0.2) is 11.6 Å². The van der Waals surface area contributed by atoms with E-state index in [0.717, 1.165) is 36.0 Å². The van der Waals surface area contributed by atoms with Crippen molar-refractivity contribution < 1.29 is 9.59 Å². The predicted molar refractivity (Wildman–Crippen MR) is 78.5 cm³/mol. The molecule has 0 aliphatic heterocycles. The highest BCUT2D eigenvalue weighted by atomic mass is 16.1. The minimum absolute atomic E-state index is 0.105. The van der Waals surface area contributed by atoms with E-state index in [1.54, 1.807) is 6.08 Å². The molecular formula is C18H18O2. The van der Waals surface area contributed by atoms with Crippen molar-refractivity contribution in [2.45, 2.75) is 32.6 Å². The van der Waals surface area contributed by atoms with Crippen LogP contribution < -0.4 is 0 Å². The molecule has 2 aliphatic carbocycles. The molecule has 102 valence electrons. The molecule has 1 atom stereocenters. The summed E-state index contributed by atoms with van der Waals surface area (Å²) in [6.45, 7) is 2.11. The smallest absolute Gasteiger partial charge is 0.189 e. The van der Waals surface area contributed by atoms with E-state index in [4.69, 9.17) is 0 Å². The molecule has 1 aromatic rings. The number of benzene rings is 1. The number of Topliss-reactive ketones (excluding diaryl/α,β-unsaturated/α-hetero) is 1. The van der Waals surface area contributed by atoms with Gasteiger partial charge in [-0.3, -0.25) is 9.59 Å². The van der Waals surface area contributed by atoms with Crippen LogP contribution in [0.25, 0.3) is 0 Å². The number of hydrogen-bond donors (Lipinski definition) is 0. The monoisotopic (exact) mass is 266 g/mol. The first-order valence-electron chi connectivity index (χ1n) is 7.15. The van der Waals surface area contributed by atoms with Crippen molar-refractivity contribution in [3.05, 3.63) is 59.2 Å².